The number of halogens is 4. The zero-order valence-electron chi connectivity index (χ0n) is 14.0. The monoisotopic (exact) mass is 407 g/mol. The quantitative estimate of drug-likeness (QED) is 0.757. The summed E-state index contributed by atoms with van der Waals surface area (Å²) in [4.78, 5) is 20.4. The van der Waals surface area contributed by atoms with Gasteiger partial charge in [-0.3, -0.25) is 0 Å². The topological polar surface area (TPSA) is 88.8 Å². The van der Waals surface area contributed by atoms with Crippen LogP contribution in [0.5, 0.6) is 5.75 Å². The number of aliphatic carboxylic acids is 1. The van der Waals surface area contributed by atoms with Crippen LogP contribution in [0.4, 0.5) is 13.2 Å². The van der Waals surface area contributed by atoms with Crippen LogP contribution in [0.2, 0.25) is 5.02 Å². The molecule has 2 heterocycles. The van der Waals surface area contributed by atoms with Crippen molar-refractivity contribution in [1.82, 2.24) is 5.32 Å². The Kier molecular flexibility index (Phi) is 7.09. The van der Waals surface area contributed by atoms with Gasteiger partial charge in [-0.1, -0.05) is 11.6 Å². The van der Waals surface area contributed by atoms with Crippen LogP contribution in [0.25, 0.3) is 11.0 Å². The smallest absolute Gasteiger partial charge is 0.490 e. The molecule has 0 radical (unpaired) electrons. The molecule has 1 saturated heterocycles. The van der Waals surface area contributed by atoms with Crippen molar-refractivity contribution in [2.75, 3.05) is 19.7 Å². The number of hydrogen-bond donors (Lipinski definition) is 2. The molecule has 2 aromatic rings. The van der Waals surface area contributed by atoms with E-state index in [4.69, 9.17) is 30.7 Å². The number of rotatable bonds is 3. The van der Waals surface area contributed by atoms with Gasteiger partial charge in [0.05, 0.1) is 18.1 Å². The molecule has 0 spiro atoms. The first-order valence-electron chi connectivity index (χ1n) is 8.04. The number of carbonyl (C=O) groups is 1. The first kappa shape index (κ1) is 21.0. The number of fused-ring (bicyclic) bond motifs is 1. The van der Waals surface area contributed by atoms with Gasteiger partial charge in [-0.25, -0.2) is 9.59 Å². The zero-order valence-corrected chi connectivity index (χ0v) is 14.8. The molecule has 1 unspecified atom stereocenters. The van der Waals surface area contributed by atoms with Gasteiger partial charge < -0.3 is 19.6 Å². The van der Waals surface area contributed by atoms with E-state index < -0.39 is 17.8 Å². The largest absolute Gasteiger partial charge is 0.492 e. The molecule has 3 rings (SSSR count). The Hall–Kier alpha value is -2.26. The molecule has 0 bridgehead atoms. The molecule has 27 heavy (non-hydrogen) atoms. The van der Waals surface area contributed by atoms with Crippen molar-refractivity contribution in [3.63, 3.8) is 0 Å². The highest BCUT2D eigenvalue weighted by Gasteiger charge is 2.38. The van der Waals surface area contributed by atoms with Crippen LogP contribution >= 0.6 is 11.6 Å². The van der Waals surface area contributed by atoms with Crippen LogP contribution in [-0.4, -0.2) is 36.9 Å². The zero-order chi connectivity index (χ0) is 20.0. The van der Waals surface area contributed by atoms with Gasteiger partial charge in [-0.05, 0) is 37.6 Å². The first-order valence-corrected chi connectivity index (χ1v) is 8.41. The lowest BCUT2D eigenvalue weighted by atomic mass is 10.0. The molecular weight excluding hydrogens is 391 g/mol. The highest BCUT2D eigenvalue weighted by Crippen LogP contribution is 2.27. The summed E-state index contributed by atoms with van der Waals surface area (Å²) in [7, 11) is 0. The van der Waals surface area contributed by atoms with Crippen LogP contribution in [0, 0.1) is 5.92 Å². The average Bonchev–Trinajstić information content (AvgIpc) is 2.60. The van der Waals surface area contributed by atoms with E-state index in [1.807, 2.05) is 0 Å². The summed E-state index contributed by atoms with van der Waals surface area (Å²) < 4.78 is 42.7. The number of alkyl halides is 3. The van der Waals surface area contributed by atoms with Crippen molar-refractivity contribution in [2.24, 2.45) is 5.92 Å². The van der Waals surface area contributed by atoms with Gasteiger partial charge in [0.15, 0.2) is 0 Å². The van der Waals surface area contributed by atoms with E-state index in [-0.39, 0.29) is 0 Å². The summed E-state index contributed by atoms with van der Waals surface area (Å²) in [5, 5.41) is 11.8. The Balaban J connectivity index is 0.000000321. The van der Waals surface area contributed by atoms with Gasteiger partial charge in [0.25, 0.3) is 0 Å². The molecular formula is C17H17ClF3NO5. The molecule has 1 aliphatic rings. The van der Waals surface area contributed by atoms with Gasteiger partial charge >= 0.3 is 17.8 Å². The van der Waals surface area contributed by atoms with E-state index in [0.29, 0.717) is 28.9 Å². The van der Waals surface area contributed by atoms with E-state index in [1.54, 1.807) is 18.2 Å². The van der Waals surface area contributed by atoms with Gasteiger partial charge in [-0.2, -0.15) is 13.2 Å². The minimum atomic E-state index is -5.08. The van der Waals surface area contributed by atoms with Crippen LogP contribution in [-0.2, 0) is 4.79 Å². The summed E-state index contributed by atoms with van der Waals surface area (Å²) in [5.41, 5.74) is 0.0928. The Labute approximate surface area is 156 Å². The van der Waals surface area contributed by atoms with Gasteiger partial charge in [0.2, 0.25) is 0 Å². The van der Waals surface area contributed by atoms with Gasteiger partial charge in [0, 0.05) is 17.5 Å². The second-order valence-corrected chi connectivity index (χ2v) is 6.33. The summed E-state index contributed by atoms with van der Waals surface area (Å²) in [5.74, 6) is -1.73. The maximum atomic E-state index is 11.5. The molecule has 10 heteroatoms. The number of piperidine rings is 1. The minimum absolute atomic E-state index is 0.406. The van der Waals surface area contributed by atoms with Crippen LogP contribution in [0.1, 0.15) is 12.8 Å². The van der Waals surface area contributed by atoms with Crippen molar-refractivity contribution in [3.8, 4) is 5.75 Å². The number of nitrogens with one attached hydrogen (secondary N) is 1. The van der Waals surface area contributed by atoms with Crippen molar-refractivity contribution in [2.45, 2.75) is 19.0 Å². The maximum absolute atomic E-state index is 11.5. The molecule has 6 nitrogen and oxygen atoms in total. The molecule has 1 fully saturated rings. The van der Waals surface area contributed by atoms with E-state index in [1.165, 1.54) is 6.07 Å². The average molecular weight is 408 g/mol. The standard InChI is InChI=1S/C15H16ClNO3.C2HF3O2/c16-11-3-4-13-12(6-11)14(7-15(18)20-13)19-9-10-2-1-5-17-8-10;3-2(4,5)1(6)7/h3-4,6-7,10,17H,1-2,5,8-9H2;(H,6,7). The molecule has 1 aromatic carbocycles. The first-order chi connectivity index (χ1) is 12.7. The summed E-state index contributed by atoms with van der Waals surface area (Å²) in [6, 6.07) is 6.53. The fourth-order valence-corrected chi connectivity index (χ4v) is 2.67. The van der Waals surface area contributed by atoms with Crippen LogP contribution in [0.3, 0.4) is 0 Å². The second-order valence-electron chi connectivity index (χ2n) is 5.90. The summed E-state index contributed by atoms with van der Waals surface area (Å²) >= 11 is 5.99. The third kappa shape index (κ3) is 6.44. The van der Waals surface area contributed by atoms with E-state index in [2.05, 4.69) is 5.32 Å². The lowest BCUT2D eigenvalue weighted by Gasteiger charge is -2.22. The number of ether oxygens (including phenoxy) is 1. The Bertz CT molecular complexity index is 847. The van der Waals surface area contributed by atoms with Gasteiger partial charge in [0.1, 0.15) is 11.3 Å². The molecule has 0 saturated carbocycles. The van der Waals surface area contributed by atoms with Gasteiger partial charge in [-0.15, -0.1) is 0 Å². The van der Waals surface area contributed by atoms with Crippen LogP contribution < -0.4 is 15.7 Å². The highest BCUT2D eigenvalue weighted by atomic mass is 35.5. The number of benzene rings is 1. The van der Waals surface area contributed by atoms with Crippen molar-refractivity contribution in [1.29, 1.82) is 0 Å². The lowest BCUT2D eigenvalue weighted by molar-refractivity contribution is -0.192. The molecule has 1 atom stereocenters. The Morgan fingerprint density at radius 1 is 1.37 bits per heavy atom. The fraction of sp³-hybridized carbons (Fsp3) is 0.412. The molecule has 1 aliphatic heterocycles. The normalized spacial score (nSPS) is 17.1. The van der Waals surface area contributed by atoms with E-state index in [0.717, 1.165) is 31.3 Å². The molecule has 2 N–H and O–H groups in total. The molecule has 0 amide bonds. The van der Waals surface area contributed by atoms with Crippen molar-refractivity contribution in [3.05, 3.63) is 39.7 Å². The predicted octanol–water partition coefficient (Wildman–Crippen LogP) is 3.46. The maximum Gasteiger partial charge on any atom is 0.490 e. The van der Waals surface area contributed by atoms with Crippen LogP contribution in [0.15, 0.2) is 33.5 Å². The number of hydrogen-bond acceptors (Lipinski definition) is 5. The van der Waals surface area contributed by atoms with E-state index >= 15 is 0 Å². The van der Waals surface area contributed by atoms with E-state index in [9.17, 15) is 18.0 Å². The molecule has 0 aliphatic carbocycles. The fourth-order valence-electron chi connectivity index (χ4n) is 2.50. The van der Waals surface area contributed by atoms with Crippen molar-refractivity contribution < 1.29 is 32.2 Å². The highest BCUT2D eigenvalue weighted by molar-refractivity contribution is 6.31. The SMILES string of the molecule is O=C(O)C(F)(F)F.O=c1cc(OCC2CCCNC2)c2cc(Cl)ccc2o1. The second kappa shape index (κ2) is 9.09. The predicted molar refractivity (Wildman–Crippen MR) is 92.3 cm³/mol. The third-order valence-corrected chi connectivity index (χ3v) is 4.02. The van der Waals surface area contributed by atoms with Crippen molar-refractivity contribution >= 4 is 28.5 Å². The third-order valence-electron chi connectivity index (χ3n) is 3.78. The number of carboxylic acid groups (broad SMARTS) is 1. The number of carboxylic acids is 1. The lowest BCUT2D eigenvalue weighted by Crippen LogP contribution is -2.33. The molecule has 148 valence electrons. The Morgan fingerprint density at radius 3 is 2.67 bits per heavy atom. The summed E-state index contributed by atoms with van der Waals surface area (Å²) in [6.07, 6.45) is -2.77. The Morgan fingerprint density at radius 2 is 2.07 bits per heavy atom. The minimum Gasteiger partial charge on any atom is -0.492 e. The summed E-state index contributed by atoms with van der Waals surface area (Å²) in [6.45, 7) is 2.63. The molecule has 1 aromatic heterocycles.